The Balaban J connectivity index is 0.000000735. The number of aromatic hydroxyl groups is 1. The molecule has 3 rings (SSSR count). The monoisotopic (exact) mass is 547 g/mol. The Morgan fingerprint density at radius 2 is 1.73 bits per heavy atom. The predicted molar refractivity (Wildman–Crippen MR) is 121 cm³/mol. The Kier molecular flexibility index (Phi) is 9.81. The molecule has 1 aliphatic rings. The fraction of sp³-hybridized carbons (Fsp3) is 0.381. The van der Waals surface area contributed by atoms with Crippen LogP contribution in [-0.2, 0) is 23.6 Å². The molecule has 1 N–H and O–H groups in total. The van der Waals surface area contributed by atoms with Gasteiger partial charge in [-0.05, 0) is 18.4 Å². The number of halogens is 3. The molecule has 9 heteroatoms. The van der Waals surface area contributed by atoms with E-state index in [2.05, 4.69) is 4.99 Å². The van der Waals surface area contributed by atoms with Gasteiger partial charge >= 0.3 is 43.7 Å². The molecule has 0 aromatic heterocycles. The normalized spacial score (nSPS) is 14.4. The maximum atomic E-state index is 11.4. The van der Waals surface area contributed by atoms with Gasteiger partial charge in [0.2, 0.25) is 0 Å². The molecule has 0 bridgehead atoms. The van der Waals surface area contributed by atoms with Crippen LogP contribution >= 0.6 is 25.5 Å². The Hall–Kier alpha value is -0.937. The van der Waals surface area contributed by atoms with E-state index in [4.69, 9.17) is 25.5 Å². The molecule has 0 saturated heterocycles. The van der Waals surface area contributed by atoms with E-state index in [1.54, 1.807) is 6.21 Å². The number of phenolic OH excluding ortho intramolecular Hbond substituents is 1. The Morgan fingerprint density at radius 3 is 2.27 bits per heavy atom. The number of rotatable bonds is 5. The number of non-ortho nitro benzene ring substituents is 1. The molecule has 2 aromatic rings. The molecule has 5 nitrogen and oxygen atoms in total. The molecule has 1 saturated carbocycles. The van der Waals surface area contributed by atoms with E-state index < -0.39 is 28.5 Å². The number of hydrogen-bond acceptors (Lipinski definition) is 4. The molecule has 0 atom stereocenters. The first-order valence-electron chi connectivity index (χ1n) is 9.57. The second-order valence-corrected chi connectivity index (χ2v) is 18.8. The Labute approximate surface area is 195 Å². The number of hydrogen-bond donors (Lipinski definition) is 1. The van der Waals surface area contributed by atoms with Gasteiger partial charge in [0.05, 0.1) is 4.92 Å². The standard InChI is InChI=1S/C21H24N2O3.3ClH.Zr/c1-21(2,16-8-4-3-5-9-16)19-13-18(23(25)26)12-15(20(19)24)14-22-17-10-6-7-11-17;;;;/h3-5,8-9,12-14,17,24H,6-7,10-11H2,1-2H3;3*1H;/q;;;;+3/p-3. The second kappa shape index (κ2) is 11.6. The minimum absolute atomic E-state index is 0.0327. The van der Waals surface area contributed by atoms with Crippen molar-refractivity contribution in [3.63, 3.8) is 0 Å². The average molecular weight is 550 g/mol. The van der Waals surface area contributed by atoms with Gasteiger partial charge in [0.15, 0.2) is 0 Å². The minimum atomic E-state index is -2.13. The van der Waals surface area contributed by atoms with Crippen molar-refractivity contribution in [1.29, 1.82) is 0 Å². The number of nitro benzene ring substituents is 1. The fourth-order valence-electron chi connectivity index (χ4n) is 3.57. The fourth-order valence-corrected chi connectivity index (χ4v) is 3.57. The average Bonchev–Trinajstić information content (AvgIpc) is 3.20. The summed E-state index contributed by atoms with van der Waals surface area (Å²) in [4.78, 5) is 15.5. The molecule has 0 aliphatic heterocycles. The molecule has 0 amide bonds. The Morgan fingerprint density at radius 1 is 1.17 bits per heavy atom. The first-order chi connectivity index (χ1) is 14.1. The Bertz CT molecular complexity index is 884. The van der Waals surface area contributed by atoms with Crippen LogP contribution in [-0.4, -0.2) is 22.3 Å². The third-order valence-electron chi connectivity index (χ3n) is 5.25. The number of aliphatic imine (C=N–C) groups is 1. The van der Waals surface area contributed by atoms with Crippen LogP contribution < -0.4 is 0 Å². The first-order valence-corrected chi connectivity index (χ1v) is 19.1. The van der Waals surface area contributed by atoms with Crippen LogP contribution in [0.15, 0.2) is 47.5 Å². The molecule has 0 spiro atoms. The van der Waals surface area contributed by atoms with E-state index in [1.165, 1.54) is 12.1 Å². The van der Waals surface area contributed by atoms with Crippen LogP contribution in [0.2, 0.25) is 0 Å². The van der Waals surface area contributed by atoms with Gasteiger partial charge in [-0.1, -0.05) is 57.0 Å². The van der Waals surface area contributed by atoms with Crippen LogP contribution in [0.3, 0.4) is 0 Å². The molecule has 0 heterocycles. The van der Waals surface area contributed by atoms with Gasteiger partial charge < -0.3 is 5.11 Å². The van der Waals surface area contributed by atoms with Crippen LogP contribution in [0.25, 0.3) is 0 Å². The molecule has 0 unspecified atom stereocenters. The molecule has 30 heavy (non-hydrogen) atoms. The predicted octanol–water partition coefficient (Wildman–Crippen LogP) is 7.05. The van der Waals surface area contributed by atoms with Gasteiger partial charge in [-0.25, -0.2) is 0 Å². The maximum absolute atomic E-state index is 11.4. The summed E-state index contributed by atoms with van der Waals surface area (Å²) in [6.45, 7) is 3.91. The van der Waals surface area contributed by atoms with E-state index in [-0.39, 0.29) is 17.5 Å². The van der Waals surface area contributed by atoms with Gasteiger partial charge in [0.25, 0.3) is 5.69 Å². The van der Waals surface area contributed by atoms with Crippen molar-refractivity contribution >= 4 is 37.4 Å². The summed E-state index contributed by atoms with van der Waals surface area (Å²) in [6.07, 6.45) is 6.00. The first kappa shape index (κ1) is 25.3. The zero-order valence-electron chi connectivity index (χ0n) is 16.8. The van der Waals surface area contributed by atoms with Crippen molar-refractivity contribution < 1.29 is 28.2 Å². The number of benzene rings is 2. The quantitative estimate of drug-likeness (QED) is 0.246. The second-order valence-electron chi connectivity index (χ2n) is 7.61. The van der Waals surface area contributed by atoms with Gasteiger partial charge in [-0.3, -0.25) is 15.1 Å². The third-order valence-corrected chi connectivity index (χ3v) is 5.25. The molecular formula is C21H24Cl3N2O3Zr. The summed E-state index contributed by atoms with van der Waals surface area (Å²) in [6, 6.07) is 12.8. The number of nitro groups is 1. The van der Waals surface area contributed by atoms with Gasteiger partial charge in [-0.2, -0.15) is 0 Å². The van der Waals surface area contributed by atoms with Crippen LogP contribution in [0.5, 0.6) is 5.75 Å². The van der Waals surface area contributed by atoms with Gasteiger partial charge in [0.1, 0.15) is 5.75 Å². The van der Waals surface area contributed by atoms with E-state index >= 15 is 0 Å². The molecule has 161 valence electrons. The SMILES string of the molecule is CC(C)(c1ccccc1)c1cc([N+](=O)[O-])cc(C=NC2CCCC2)c1O.[Cl][Zr]([Cl])[Cl]. The molecule has 1 aliphatic carbocycles. The molecular weight excluding hydrogens is 526 g/mol. The molecule has 0 radical (unpaired) electrons. The van der Waals surface area contributed by atoms with Crippen molar-refractivity contribution in [2.24, 2.45) is 4.99 Å². The van der Waals surface area contributed by atoms with Gasteiger partial charge in [-0.15, -0.1) is 0 Å². The third kappa shape index (κ3) is 7.05. The van der Waals surface area contributed by atoms with E-state index in [0.29, 0.717) is 11.1 Å². The molecule has 1 fully saturated rings. The van der Waals surface area contributed by atoms with E-state index in [1.807, 2.05) is 44.2 Å². The van der Waals surface area contributed by atoms with E-state index in [0.717, 1.165) is 31.2 Å². The van der Waals surface area contributed by atoms with Crippen LogP contribution in [0.1, 0.15) is 56.2 Å². The van der Waals surface area contributed by atoms with Crippen molar-refractivity contribution in [1.82, 2.24) is 0 Å². The molecule has 2 aromatic carbocycles. The summed E-state index contributed by atoms with van der Waals surface area (Å²) in [5.41, 5.74) is 1.31. The van der Waals surface area contributed by atoms with Crippen LogP contribution in [0, 0.1) is 10.1 Å². The van der Waals surface area contributed by atoms with Crippen molar-refractivity contribution in [2.75, 3.05) is 0 Å². The van der Waals surface area contributed by atoms with Gasteiger partial charge in [0, 0.05) is 40.9 Å². The summed E-state index contributed by atoms with van der Waals surface area (Å²) < 4.78 is 0. The number of nitrogens with zero attached hydrogens (tertiary/aromatic N) is 2. The van der Waals surface area contributed by atoms with Crippen LogP contribution in [0.4, 0.5) is 5.69 Å². The summed E-state index contributed by atoms with van der Waals surface area (Å²) >= 11 is -2.13. The summed E-state index contributed by atoms with van der Waals surface area (Å²) in [5.74, 6) is 0.0613. The summed E-state index contributed by atoms with van der Waals surface area (Å²) in [7, 11) is 15.0. The topological polar surface area (TPSA) is 75.7 Å². The summed E-state index contributed by atoms with van der Waals surface area (Å²) in [5, 5.41) is 22.3. The van der Waals surface area contributed by atoms with Crippen molar-refractivity contribution in [2.45, 2.75) is 51.0 Å². The zero-order valence-corrected chi connectivity index (χ0v) is 21.5. The number of phenols is 1. The van der Waals surface area contributed by atoms with Crippen molar-refractivity contribution in [3.8, 4) is 5.75 Å². The van der Waals surface area contributed by atoms with Crippen molar-refractivity contribution in [3.05, 3.63) is 69.3 Å². The zero-order chi connectivity index (χ0) is 22.3. The van der Waals surface area contributed by atoms with E-state index in [9.17, 15) is 15.2 Å².